The average molecular weight is 432 g/mol. The largest absolute Gasteiger partial charge is 0.497 e. The summed E-state index contributed by atoms with van der Waals surface area (Å²) in [5.74, 6) is -0.397. The molecule has 1 N–H and O–H groups in total. The second-order valence-corrected chi connectivity index (χ2v) is 7.52. The molecule has 3 aromatic rings. The van der Waals surface area contributed by atoms with E-state index in [2.05, 4.69) is 0 Å². The lowest BCUT2D eigenvalue weighted by atomic mass is 9.88. The van der Waals surface area contributed by atoms with E-state index in [1.165, 1.54) is 24.1 Å². The first kappa shape index (κ1) is 21.2. The molecule has 8 heteroatoms. The number of hydrogen-bond donors (Lipinski definition) is 1. The van der Waals surface area contributed by atoms with E-state index in [9.17, 15) is 24.8 Å². The minimum Gasteiger partial charge on any atom is -0.497 e. The van der Waals surface area contributed by atoms with Crippen LogP contribution in [0.5, 0.6) is 5.75 Å². The lowest BCUT2D eigenvalue weighted by Gasteiger charge is -2.23. The monoisotopic (exact) mass is 432 g/mol. The number of aliphatic hydroxyl groups is 1. The molecular formula is C24H20N2O6. The Hall–Kier alpha value is -4.04. The fourth-order valence-corrected chi connectivity index (χ4v) is 3.85. The molecule has 0 spiro atoms. The van der Waals surface area contributed by atoms with Gasteiger partial charge in [-0.15, -0.1) is 0 Å². The molecule has 0 aromatic heterocycles. The molecule has 3 aromatic carbocycles. The molecule has 0 saturated carbocycles. The number of non-ortho nitro benzene ring substituents is 1. The van der Waals surface area contributed by atoms with E-state index in [0.29, 0.717) is 28.1 Å². The summed E-state index contributed by atoms with van der Waals surface area (Å²) in [5.41, 5.74) is -0.185. The molecule has 0 bridgehead atoms. The minimum absolute atomic E-state index is 0.0523. The lowest BCUT2D eigenvalue weighted by Crippen LogP contribution is -2.41. The topological polar surface area (TPSA) is 110 Å². The Labute approximate surface area is 183 Å². The summed E-state index contributed by atoms with van der Waals surface area (Å²) in [7, 11) is 1.52. The fourth-order valence-electron chi connectivity index (χ4n) is 3.85. The van der Waals surface area contributed by atoms with E-state index < -0.39 is 22.9 Å². The van der Waals surface area contributed by atoms with Crippen LogP contribution in [0.4, 0.5) is 11.4 Å². The van der Waals surface area contributed by atoms with Gasteiger partial charge in [0.05, 0.1) is 30.7 Å². The van der Waals surface area contributed by atoms with E-state index >= 15 is 0 Å². The zero-order chi connectivity index (χ0) is 22.9. The number of carbonyl (C=O) groups excluding carboxylic acids is 2. The maximum Gasteiger partial charge on any atom is 0.269 e. The van der Waals surface area contributed by atoms with Crippen molar-refractivity contribution in [3.8, 4) is 5.75 Å². The molecule has 4 rings (SSSR count). The number of hydrogen-bond acceptors (Lipinski definition) is 6. The summed E-state index contributed by atoms with van der Waals surface area (Å²) >= 11 is 0. The fraction of sp³-hybridized carbons (Fsp3) is 0.167. The highest BCUT2D eigenvalue weighted by Gasteiger charge is 2.50. The summed E-state index contributed by atoms with van der Waals surface area (Å²) < 4.78 is 5.10. The van der Waals surface area contributed by atoms with Gasteiger partial charge in [0.2, 0.25) is 0 Å². The van der Waals surface area contributed by atoms with Gasteiger partial charge in [-0.1, -0.05) is 30.3 Å². The van der Waals surface area contributed by atoms with Crippen LogP contribution < -0.4 is 9.64 Å². The molecular weight excluding hydrogens is 412 g/mol. The first-order chi connectivity index (χ1) is 15.3. The normalized spacial score (nSPS) is 17.2. The number of carbonyl (C=O) groups is 2. The zero-order valence-corrected chi connectivity index (χ0v) is 17.2. The Morgan fingerprint density at radius 1 is 1.06 bits per heavy atom. The van der Waals surface area contributed by atoms with E-state index in [1.807, 2.05) is 0 Å². The van der Waals surface area contributed by atoms with Crippen molar-refractivity contribution >= 4 is 23.1 Å². The lowest BCUT2D eigenvalue weighted by molar-refractivity contribution is -0.384. The van der Waals surface area contributed by atoms with Gasteiger partial charge >= 0.3 is 0 Å². The van der Waals surface area contributed by atoms with Crippen LogP contribution in [0.3, 0.4) is 0 Å². The van der Waals surface area contributed by atoms with E-state index in [0.717, 1.165) is 0 Å². The number of methoxy groups -OCH3 is 1. The minimum atomic E-state index is -2.01. The Morgan fingerprint density at radius 2 is 1.72 bits per heavy atom. The Bertz CT molecular complexity index is 1190. The van der Waals surface area contributed by atoms with Crippen LogP contribution in [-0.4, -0.2) is 28.8 Å². The van der Waals surface area contributed by atoms with Gasteiger partial charge in [-0.3, -0.25) is 19.7 Å². The molecule has 0 saturated heterocycles. The number of ether oxygens (including phenoxy) is 1. The van der Waals surface area contributed by atoms with Gasteiger partial charge in [0.25, 0.3) is 11.6 Å². The highest BCUT2D eigenvalue weighted by molar-refractivity contribution is 6.10. The van der Waals surface area contributed by atoms with Crippen molar-refractivity contribution in [2.75, 3.05) is 12.0 Å². The molecule has 162 valence electrons. The third kappa shape index (κ3) is 3.72. The van der Waals surface area contributed by atoms with Gasteiger partial charge in [-0.2, -0.15) is 0 Å². The first-order valence-corrected chi connectivity index (χ1v) is 9.88. The number of para-hydroxylation sites is 1. The highest BCUT2D eigenvalue weighted by atomic mass is 16.6. The van der Waals surface area contributed by atoms with Crippen LogP contribution in [0.15, 0.2) is 72.8 Å². The molecule has 1 aliphatic rings. The average Bonchev–Trinajstić information content (AvgIpc) is 3.01. The molecule has 32 heavy (non-hydrogen) atoms. The van der Waals surface area contributed by atoms with E-state index in [1.54, 1.807) is 60.7 Å². The number of fused-ring (bicyclic) bond motifs is 1. The molecule has 1 amide bonds. The maximum absolute atomic E-state index is 13.3. The quantitative estimate of drug-likeness (QED) is 0.347. The molecule has 0 aliphatic carbocycles. The van der Waals surface area contributed by atoms with E-state index in [-0.39, 0.29) is 18.0 Å². The number of nitrogens with zero attached hydrogens (tertiary/aromatic N) is 2. The number of amides is 1. The summed E-state index contributed by atoms with van der Waals surface area (Å²) in [5, 5.41) is 22.3. The Kier molecular flexibility index (Phi) is 5.46. The van der Waals surface area contributed by atoms with Crippen molar-refractivity contribution in [1.29, 1.82) is 0 Å². The summed E-state index contributed by atoms with van der Waals surface area (Å²) in [6, 6.07) is 19.1. The molecule has 1 atom stereocenters. The van der Waals surface area contributed by atoms with Gasteiger partial charge in [0.1, 0.15) is 5.75 Å². The van der Waals surface area contributed by atoms with Crippen LogP contribution in [0, 0.1) is 10.1 Å². The predicted octanol–water partition coefficient (Wildman–Crippen LogP) is 3.61. The van der Waals surface area contributed by atoms with Gasteiger partial charge in [0.15, 0.2) is 11.4 Å². The zero-order valence-electron chi connectivity index (χ0n) is 17.2. The van der Waals surface area contributed by atoms with Gasteiger partial charge in [0, 0.05) is 23.3 Å². The molecule has 1 heterocycles. The number of ketones is 1. The Balaban J connectivity index is 1.62. The van der Waals surface area contributed by atoms with Crippen molar-refractivity contribution in [3.05, 3.63) is 99.6 Å². The second-order valence-electron chi connectivity index (χ2n) is 7.52. The first-order valence-electron chi connectivity index (χ1n) is 9.88. The van der Waals surface area contributed by atoms with Crippen molar-refractivity contribution in [2.24, 2.45) is 0 Å². The molecule has 0 unspecified atom stereocenters. The van der Waals surface area contributed by atoms with Gasteiger partial charge in [-0.25, -0.2) is 0 Å². The molecule has 0 radical (unpaired) electrons. The number of benzene rings is 3. The third-order valence-electron chi connectivity index (χ3n) is 5.56. The predicted molar refractivity (Wildman–Crippen MR) is 117 cm³/mol. The van der Waals surface area contributed by atoms with Crippen LogP contribution in [0.2, 0.25) is 0 Å². The van der Waals surface area contributed by atoms with Crippen LogP contribution in [0.1, 0.15) is 27.9 Å². The SMILES string of the molecule is COc1ccc(C(=O)C[C@]2(O)C(=O)N(Cc3ccc([N+](=O)[O-])cc3)c3ccccc32)cc1. The smallest absolute Gasteiger partial charge is 0.269 e. The molecule has 8 nitrogen and oxygen atoms in total. The highest BCUT2D eigenvalue weighted by Crippen LogP contribution is 2.43. The van der Waals surface area contributed by atoms with Crippen molar-refractivity contribution in [2.45, 2.75) is 18.6 Å². The summed E-state index contributed by atoms with van der Waals surface area (Å²) in [6.07, 6.45) is -0.411. The van der Waals surface area contributed by atoms with Crippen molar-refractivity contribution < 1.29 is 24.4 Å². The summed E-state index contributed by atoms with van der Waals surface area (Å²) in [4.78, 5) is 38.0. The van der Waals surface area contributed by atoms with E-state index in [4.69, 9.17) is 4.74 Å². The molecule has 0 fully saturated rings. The summed E-state index contributed by atoms with van der Waals surface area (Å²) in [6.45, 7) is 0.104. The number of nitro benzene ring substituents is 1. The second kappa shape index (κ2) is 8.24. The number of anilines is 1. The third-order valence-corrected chi connectivity index (χ3v) is 5.56. The van der Waals surface area contributed by atoms with Gasteiger partial charge < -0.3 is 14.7 Å². The number of rotatable bonds is 7. The van der Waals surface area contributed by atoms with Crippen LogP contribution in [-0.2, 0) is 16.9 Å². The number of nitro groups is 1. The van der Waals surface area contributed by atoms with Crippen molar-refractivity contribution in [1.82, 2.24) is 0 Å². The van der Waals surface area contributed by atoms with Gasteiger partial charge in [-0.05, 0) is 35.9 Å². The van der Waals surface area contributed by atoms with Crippen molar-refractivity contribution in [3.63, 3.8) is 0 Å². The van der Waals surface area contributed by atoms with Crippen LogP contribution >= 0.6 is 0 Å². The maximum atomic E-state index is 13.3. The standard InChI is InChI=1S/C24H20N2O6/c1-32-19-12-8-17(9-13-19)22(27)14-24(29)20-4-2-3-5-21(20)25(23(24)28)15-16-6-10-18(11-7-16)26(30)31/h2-13,29H,14-15H2,1H3/t24-/m1/s1. The Morgan fingerprint density at radius 3 is 2.34 bits per heavy atom. The van der Waals surface area contributed by atoms with Crippen LogP contribution in [0.25, 0.3) is 0 Å². The number of Topliss-reactive ketones (excluding diaryl/α,β-unsaturated/α-hetero) is 1. The molecule has 1 aliphatic heterocycles.